The largest absolute Gasteiger partial charge is 0.522 e. The van der Waals surface area contributed by atoms with Crippen LogP contribution >= 0.6 is 0 Å². The van der Waals surface area contributed by atoms with Gasteiger partial charge < -0.3 is 23.8 Å². The fourth-order valence-electron chi connectivity index (χ4n) is 4.49. The lowest BCUT2D eigenvalue weighted by Crippen LogP contribution is -2.53. The minimum absolute atomic E-state index is 0.114. The van der Waals surface area contributed by atoms with Gasteiger partial charge in [-0.15, -0.1) is 13.2 Å². The number of hydrogen-bond acceptors (Lipinski definition) is 6. The van der Waals surface area contributed by atoms with Gasteiger partial charge in [-0.25, -0.2) is 0 Å². The highest BCUT2D eigenvalue weighted by Gasteiger charge is 2.51. The molecule has 3 aliphatic heterocycles. The molecule has 2 aromatic carbocycles. The molecule has 3 unspecified atom stereocenters. The van der Waals surface area contributed by atoms with Gasteiger partial charge in [0.25, 0.3) is 5.91 Å². The van der Waals surface area contributed by atoms with E-state index in [0.717, 1.165) is 5.56 Å². The van der Waals surface area contributed by atoms with Crippen molar-refractivity contribution < 1.29 is 41.7 Å². The number of alkyl halides is 3. The first-order chi connectivity index (χ1) is 15.8. The number of nitrogens with zero attached hydrogens (tertiary/aromatic N) is 1. The molecule has 176 valence electrons. The van der Waals surface area contributed by atoms with Crippen molar-refractivity contribution in [1.29, 1.82) is 0 Å². The monoisotopic (exact) mass is 465 g/mol. The summed E-state index contributed by atoms with van der Waals surface area (Å²) in [5.74, 6) is 0.379. The molecule has 0 N–H and O–H groups in total. The summed E-state index contributed by atoms with van der Waals surface area (Å²) in [6.45, 7) is 0.240. The van der Waals surface area contributed by atoms with Crippen LogP contribution < -0.4 is 9.47 Å². The lowest BCUT2D eigenvalue weighted by molar-refractivity contribution is -0.330. The van der Waals surface area contributed by atoms with Crippen molar-refractivity contribution in [3.8, 4) is 11.5 Å². The Morgan fingerprint density at radius 1 is 1.15 bits per heavy atom. The highest BCUT2D eigenvalue weighted by atomic mass is 19.4. The fraction of sp³-hybridized carbons (Fsp3) is 0.435. The van der Waals surface area contributed by atoms with Gasteiger partial charge in [0.05, 0.1) is 13.2 Å². The van der Waals surface area contributed by atoms with Crippen LogP contribution in [-0.4, -0.2) is 62.5 Å². The summed E-state index contributed by atoms with van der Waals surface area (Å²) in [6.07, 6.45) is -5.32. The van der Waals surface area contributed by atoms with Crippen LogP contribution in [0.25, 0.3) is 0 Å². The molecule has 2 saturated heterocycles. The maximum Gasteiger partial charge on any atom is 0.522 e. The SMILES string of the molecule is O=C(c1ccc2c(c1)OCC(COC(F)(F)F)O2)N1CCC2(c3ccccc3)OCOC2C1. The van der Waals surface area contributed by atoms with Crippen molar-refractivity contribution in [2.45, 2.75) is 30.6 Å². The predicted molar refractivity (Wildman–Crippen MR) is 108 cm³/mol. The van der Waals surface area contributed by atoms with Crippen molar-refractivity contribution in [2.24, 2.45) is 0 Å². The van der Waals surface area contributed by atoms with Crippen LogP contribution in [0.4, 0.5) is 13.2 Å². The van der Waals surface area contributed by atoms with Crippen LogP contribution in [0.1, 0.15) is 22.3 Å². The molecule has 3 aliphatic rings. The first kappa shape index (κ1) is 22.0. The molecule has 3 atom stereocenters. The van der Waals surface area contributed by atoms with Crippen LogP contribution in [-0.2, 0) is 19.8 Å². The number of likely N-dealkylation sites (tertiary alicyclic amines) is 1. The van der Waals surface area contributed by atoms with E-state index in [1.165, 1.54) is 6.07 Å². The topological polar surface area (TPSA) is 66.5 Å². The van der Waals surface area contributed by atoms with Crippen LogP contribution in [0.2, 0.25) is 0 Å². The molecular weight excluding hydrogens is 443 g/mol. The predicted octanol–water partition coefficient (Wildman–Crippen LogP) is 3.48. The van der Waals surface area contributed by atoms with Gasteiger partial charge in [0, 0.05) is 18.5 Å². The average Bonchev–Trinajstić information content (AvgIpc) is 3.26. The summed E-state index contributed by atoms with van der Waals surface area (Å²) in [4.78, 5) is 14.9. The number of ether oxygens (including phenoxy) is 5. The summed E-state index contributed by atoms with van der Waals surface area (Å²) in [7, 11) is 0. The summed E-state index contributed by atoms with van der Waals surface area (Å²) in [5.41, 5.74) is 0.856. The van der Waals surface area contributed by atoms with Crippen molar-refractivity contribution in [2.75, 3.05) is 33.1 Å². The molecule has 0 bridgehead atoms. The van der Waals surface area contributed by atoms with E-state index in [9.17, 15) is 18.0 Å². The number of hydrogen-bond donors (Lipinski definition) is 0. The van der Waals surface area contributed by atoms with Gasteiger partial charge in [-0.1, -0.05) is 30.3 Å². The van der Waals surface area contributed by atoms with E-state index in [2.05, 4.69) is 4.74 Å². The minimum atomic E-state index is -4.74. The average molecular weight is 465 g/mol. The van der Waals surface area contributed by atoms with Crippen LogP contribution in [0, 0.1) is 0 Å². The Labute approximate surface area is 187 Å². The number of carbonyl (C=O) groups is 1. The second kappa shape index (κ2) is 8.51. The molecule has 0 saturated carbocycles. The van der Waals surface area contributed by atoms with Crippen LogP contribution in [0.15, 0.2) is 48.5 Å². The Morgan fingerprint density at radius 3 is 2.76 bits per heavy atom. The zero-order valence-corrected chi connectivity index (χ0v) is 17.5. The van der Waals surface area contributed by atoms with Crippen LogP contribution in [0.3, 0.4) is 0 Å². The van der Waals surface area contributed by atoms with Gasteiger partial charge in [0.1, 0.15) is 25.1 Å². The van der Waals surface area contributed by atoms with Gasteiger partial charge in [-0.2, -0.15) is 0 Å². The van der Waals surface area contributed by atoms with Crippen molar-refractivity contribution in [3.05, 3.63) is 59.7 Å². The van der Waals surface area contributed by atoms with Crippen LogP contribution in [0.5, 0.6) is 11.5 Å². The zero-order chi connectivity index (χ0) is 23.1. The lowest BCUT2D eigenvalue weighted by Gasteiger charge is -2.42. The van der Waals surface area contributed by atoms with Crippen molar-refractivity contribution >= 4 is 5.91 Å². The molecule has 1 amide bonds. The maximum absolute atomic E-state index is 13.2. The number of rotatable bonds is 4. The molecular formula is C23H22F3NO6. The van der Waals surface area contributed by atoms with Gasteiger partial charge in [0.15, 0.2) is 17.6 Å². The van der Waals surface area contributed by atoms with Crippen molar-refractivity contribution in [1.82, 2.24) is 4.90 Å². The molecule has 33 heavy (non-hydrogen) atoms. The summed E-state index contributed by atoms with van der Waals surface area (Å²) in [6, 6.07) is 14.5. The zero-order valence-electron chi connectivity index (χ0n) is 17.5. The molecule has 10 heteroatoms. The second-order valence-corrected chi connectivity index (χ2v) is 8.14. The third kappa shape index (κ3) is 4.38. The highest BCUT2D eigenvalue weighted by Crippen LogP contribution is 2.43. The number of piperidine rings is 1. The normalized spacial score (nSPS) is 26.7. The van der Waals surface area contributed by atoms with E-state index in [4.69, 9.17) is 18.9 Å². The number of fused-ring (bicyclic) bond motifs is 2. The Kier molecular flexibility index (Phi) is 5.67. The summed E-state index contributed by atoms with van der Waals surface area (Å²) < 4.78 is 63.4. The number of halogens is 3. The lowest BCUT2D eigenvalue weighted by atomic mass is 9.82. The van der Waals surface area contributed by atoms with E-state index in [0.29, 0.717) is 30.8 Å². The van der Waals surface area contributed by atoms with E-state index in [1.807, 2.05) is 30.3 Å². The molecule has 0 aliphatic carbocycles. The third-order valence-electron chi connectivity index (χ3n) is 6.14. The molecule has 0 radical (unpaired) electrons. The first-order valence-electron chi connectivity index (χ1n) is 10.6. The van der Waals surface area contributed by atoms with E-state index >= 15 is 0 Å². The number of amides is 1. The second-order valence-electron chi connectivity index (χ2n) is 8.14. The smallest absolute Gasteiger partial charge is 0.486 e. The summed E-state index contributed by atoms with van der Waals surface area (Å²) >= 11 is 0. The Morgan fingerprint density at radius 2 is 1.97 bits per heavy atom. The van der Waals surface area contributed by atoms with Gasteiger partial charge >= 0.3 is 6.36 Å². The fourth-order valence-corrected chi connectivity index (χ4v) is 4.49. The Balaban J connectivity index is 1.26. The van der Waals surface area contributed by atoms with E-state index < -0.39 is 24.7 Å². The number of carbonyl (C=O) groups excluding carboxylic acids is 1. The third-order valence-corrected chi connectivity index (χ3v) is 6.14. The van der Waals surface area contributed by atoms with E-state index in [-0.39, 0.29) is 31.2 Å². The maximum atomic E-state index is 13.2. The molecule has 7 nitrogen and oxygen atoms in total. The molecule has 0 spiro atoms. The molecule has 2 fully saturated rings. The summed E-state index contributed by atoms with van der Waals surface area (Å²) in [5, 5.41) is 0. The first-order valence-corrected chi connectivity index (χ1v) is 10.6. The van der Waals surface area contributed by atoms with Crippen molar-refractivity contribution in [3.63, 3.8) is 0 Å². The standard InChI is InChI=1S/C23H22F3NO6/c24-23(25,26)31-13-17-12-29-19-10-15(6-7-18(19)33-17)21(28)27-9-8-22(16-4-2-1-3-5-16)20(11-27)30-14-32-22/h1-7,10,17,20H,8-9,11-14H2. The van der Waals surface area contributed by atoms with Gasteiger partial charge in [-0.3, -0.25) is 9.53 Å². The number of benzene rings is 2. The molecule has 5 rings (SSSR count). The van der Waals surface area contributed by atoms with Gasteiger partial charge in [0.2, 0.25) is 0 Å². The molecule has 0 aromatic heterocycles. The van der Waals surface area contributed by atoms with Gasteiger partial charge in [-0.05, 0) is 23.8 Å². The minimum Gasteiger partial charge on any atom is -0.486 e. The molecule has 3 heterocycles. The highest BCUT2D eigenvalue weighted by molar-refractivity contribution is 5.95. The Bertz CT molecular complexity index is 1020. The quantitative estimate of drug-likeness (QED) is 0.689. The Hall–Kier alpha value is -2.82. The molecule has 2 aromatic rings. The van der Waals surface area contributed by atoms with E-state index in [1.54, 1.807) is 17.0 Å².